The molecule has 0 aliphatic heterocycles. The lowest BCUT2D eigenvalue weighted by molar-refractivity contribution is -0.137. The van der Waals surface area contributed by atoms with Crippen LogP contribution in [-0.4, -0.2) is 22.8 Å². The predicted molar refractivity (Wildman–Crippen MR) is 79.5 cm³/mol. The molecule has 4 heteroatoms. The molecule has 108 valence electrons. The fraction of sp³-hybridized carbons (Fsp3) is 0.438. The van der Waals surface area contributed by atoms with Crippen LogP contribution in [0.2, 0.25) is 0 Å². The van der Waals surface area contributed by atoms with E-state index in [1.165, 1.54) is 0 Å². The molecule has 1 unspecified atom stereocenters. The Kier molecular flexibility index (Phi) is 4.02. The van der Waals surface area contributed by atoms with Crippen LogP contribution >= 0.6 is 0 Å². The molecule has 20 heavy (non-hydrogen) atoms. The maximum atomic E-state index is 11.0. The summed E-state index contributed by atoms with van der Waals surface area (Å²) in [5.41, 5.74) is 2.15. The smallest absolute Gasteiger partial charge is 0.304 e. The Hall–Kier alpha value is -1.97. The topological polar surface area (TPSA) is 51.5 Å². The van der Waals surface area contributed by atoms with Gasteiger partial charge in [0.05, 0.1) is 19.0 Å². The van der Waals surface area contributed by atoms with Crippen LogP contribution in [-0.2, 0) is 4.79 Å². The number of carbonyl (C=O) groups is 1. The summed E-state index contributed by atoms with van der Waals surface area (Å²) in [5.74, 6) is 0.0267. The van der Waals surface area contributed by atoms with Gasteiger partial charge in [-0.1, -0.05) is 6.92 Å². The molecular weight excluding hydrogens is 254 g/mol. The van der Waals surface area contributed by atoms with Gasteiger partial charge in [0.2, 0.25) is 0 Å². The van der Waals surface area contributed by atoms with Gasteiger partial charge in [-0.2, -0.15) is 0 Å². The van der Waals surface area contributed by atoms with Gasteiger partial charge in [0.25, 0.3) is 0 Å². The molecule has 1 atom stereocenters. The highest BCUT2D eigenvalue weighted by Crippen LogP contribution is 2.32. The second kappa shape index (κ2) is 5.57. The zero-order chi connectivity index (χ0) is 14.9. The second-order valence-corrected chi connectivity index (χ2v) is 5.46. The van der Waals surface area contributed by atoms with Gasteiger partial charge in [-0.05, 0) is 32.0 Å². The highest BCUT2D eigenvalue weighted by Gasteiger charge is 2.19. The van der Waals surface area contributed by atoms with Crippen LogP contribution in [0.3, 0.4) is 0 Å². The van der Waals surface area contributed by atoms with Gasteiger partial charge in [0.15, 0.2) is 0 Å². The van der Waals surface area contributed by atoms with Crippen LogP contribution in [0.4, 0.5) is 0 Å². The maximum Gasteiger partial charge on any atom is 0.304 e. The number of hydrogen-bond donors (Lipinski definition) is 1. The standard InChI is InChI=1S/C16H21NO3/c1-10(2)17-14(11(3)7-16(18)19)8-12-5-6-13(20-4)9-15(12)17/h5-6,8-11H,7H2,1-4H3,(H,18,19). The number of benzene rings is 1. The molecule has 2 rings (SSSR count). The lowest BCUT2D eigenvalue weighted by Crippen LogP contribution is -2.11. The number of ether oxygens (including phenoxy) is 1. The fourth-order valence-electron chi connectivity index (χ4n) is 2.67. The number of aromatic nitrogens is 1. The molecule has 1 aromatic heterocycles. The quantitative estimate of drug-likeness (QED) is 0.902. The van der Waals surface area contributed by atoms with E-state index in [0.29, 0.717) is 0 Å². The molecule has 0 saturated carbocycles. The molecule has 0 amide bonds. The van der Waals surface area contributed by atoms with Crippen molar-refractivity contribution in [2.24, 2.45) is 0 Å². The first-order valence-corrected chi connectivity index (χ1v) is 6.84. The van der Waals surface area contributed by atoms with E-state index in [1.807, 2.05) is 25.1 Å². The summed E-state index contributed by atoms with van der Waals surface area (Å²) in [7, 11) is 1.65. The van der Waals surface area contributed by atoms with E-state index in [4.69, 9.17) is 9.84 Å². The van der Waals surface area contributed by atoms with Gasteiger partial charge in [-0.3, -0.25) is 4.79 Å². The average Bonchev–Trinajstić information content (AvgIpc) is 2.76. The largest absolute Gasteiger partial charge is 0.497 e. The molecule has 4 nitrogen and oxygen atoms in total. The van der Waals surface area contributed by atoms with E-state index in [2.05, 4.69) is 24.5 Å². The van der Waals surface area contributed by atoms with Crippen molar-refractivity contribution in [3.8, 4) is 5.75 Å². The van der Waals surface area contributed by atoms with Gasteiger partial charge >= 0.3 is 5.97 Å². The molecule has 0 spiro atoms. The lowest BCUT2D eigenvalue weighted by Gasteiger charge is -2.18. The van der Waals surface area contributed by atoms with Crippen LogP contribution in [0.15, 0.2) is 24.3 Å². The van der Waals surface area contributed by atoms with Crippen LogP contribution in [0.5, 0.6) is 5.75 Å². The Balaban J connectivity index is 2.59. The number of aliphatic carboxylic acids is 1. The maximum absolute atomic E-state index is 11.0. The van der Waals surface area contributed by atoms with Crippen molar-refractivity contribution in [1.82, 2.24) is 4.57 Å². The third kappa shape index (κ3) is 2.64. The molecule has 0 aliphatic rings. The molecule has 1 N–H and O–H groups in total. The Morgan fingerprint density at radius 2 is 2.00 bits per heavy atom. The minimum atomic E-state index is -0.768. The summed E-state index contributed by atoms with van der Waals surface area (Å²) in [6.45, 7) is 6.17. The zero-order valence-corrected chi connectivity index (χ0v) is 12.4. The minimum Gasteiger partial charge on any atom is -0.497 e. The molecule has 0 aliphatic carbocycles. The Labute approximate surface area is 119 Å². The number of methoxy groups -OCH3 is 1. The third-order valence-electron chi connectivity index (χ3n) is 3.58. The molecule has 0 bridgehead atoms. The first-order valence-electron chi connectivity index (χ1n) is 6.84. The number of rotatable bonds is 5. The van der Waals surface area contributed by atoms with Gasteiger partial charge < -0.3 is 14.4 Å². The van der Waals surface area contributed by atoms with E-state index in [9.17, 15) is 4.79 Å². The highest BCUT2D eigenvalue weighted by molar-refractivity contribution is 5.83. The molecule has 2 aromatic rings. The van der Waals surface area contributed by atoms with E-state index in [1.54, 1.807) is 7.11 Å². The average molecular weight is 275 g/mol. The Morgan fingerprint density at radius 3 is 2.55 bits per heavy atom. The van der Waals surface area contributed by atoms with Crippen molar-refractivity contribution >= 4 is 16.9 Å². The van der Waals surface area contributed by atoms with Crippen LogP contribution in [0.1, 0.15) is 44.8 Å². The first-order chi connectivity index (χ1) is 9.43. The highest BCUT2D eigenvalue weighted by atomic mass is 16.5. The summed E-state index contributed by atoms with van der Waals surface area (Å²) < 4.78 is 7.48. The molecule has 1 aromatic carbocycles. The van der Waals surface area contributed by atoms with E-state index in [-0.39, 0.29) is 18.4 Å². The monoisotopic (exact) mass is 275 g/mol. The summed E-state index contributed by atoms with van der Waals surface area (Å²) in [6, 6.07) is 8.31. The van der Waals surface area contributed by atoms with Crippen molar-refractivity contribution in [1.29, 1.82) is 0 Å². The van der Waals surface area contributed by atoms with Gasteiger partial charge in [-0.25, -0.2) is 0 Å². The molecule has 0 fully saturated rings. The van der Waals surface area contributed by atoms with E-state index < -0.39 is 5.97 Å². The normalized spacial score (nSPS) is 12.8. The van der Waals surface area contributed by atoms with E-state index in [0.717, 1.165) is 22.3 Å². The molecule has 1 heterocycles. The van der Waals surface area contributed by atoms with Crippen LogP contribution in [0.25, 0.3) is 10.9 Å². The SMILES string of the molecule is COc1ccc2cc(C(C)CC(=O)O)n(C(C)C)c2c1. The second-order valence-electron chi connectivity index (χ2n) is 5.46. The predicted octanol–water partition coefficient (Wildman–Crippen LogP) is 3.81. The number of nitrogens with zero attached hydrogens (tertiary/aromatic N) is 1. The lowest BCUT2D eigenvalue weighted by atomic mass is 10.0. The summed E-state index contributed by atoms with van der Waals surface area (Å²) in [6.07, 6.45) is 0.139. The number of fused-ring (bicyclic) bond motifs is 1. The fourth-order valence-corrected chi connectivity index (χ4v) is 2.67. The van der Waals surface area contributed by atoms with Crippen molar-refractivity contribution in [3.05, 3.63) is 30.0 Å². The van der Waals surface area contributed by atoms with Gasteiger partial charge in [0, 0.05) is 29.1 Å². The van der Waals surface area contributed by atoms with Crippen molar-refractivity contribution in [2.75, 3.05) is 7.11 Å². The van der Waals surface area contributed by atoms with Crippen molar-refractivity contribution < 1.29 is 14.6 Å². The van der Waals surface area contributed by atoms with E-state index >= 15 is 0 Å². The number of hydrogen-bond acceptors (Lipinski definition) is 2. The molecule has 0 saturated heterocycles. The van der Waals surface area contributed by atoms with Crippen molar-refractivity contribution in [2.45, 2.75) is 39.2 Å². The number of carboxylic acid groups (broad SMARTS) is 1. The number of carboxylic acids is 1. The molecular formula is C16H21NO3. The molecule has 0 radical (unpaired) electrons. The Bertz CT molecular complexity index is 628. The van der Waals surface area contributed by atoms with Crippen molar-refractivity contribution in [3.63, 3.8) is 0 Å². The summed E-state index contributed by atoms with van der Waals surface area (Å²) >= 11 is 0. The third-order valence-corrected chi connectivity index (χ3v) is 3.58. The van der Waals surface area contributed by atoms with Crippen LogP contribution < -0.4 is 4.74 Å². The van der Waals surface area contributed by atoms with Gasteiger partial charge in [-0.15, -0.1) is 0 Å². The zero-order valence-electron chi connectivity index (χ0n) is 12.4. The van der Waals surface area contributed by atoms with Crippen LogP contribution in [0, 0.1) is 0 Å². The first kappa shape index (κ1) is 14.4. The summed E-state index contributed by atoms with van der Waals surface area (Å²) in [5, 5.41) is 10.1. The Morgan fingerprint density at radius 1 is 1.30 bits per heavy atom. The minimum absolute atomic E-state index is 0.0201. The summed E-state index contributed by atoms with van der Waals surface area (Å²) in [4.78, 5) is 11.0. The van der Waals surface area contributed by atoms with Gasteiger partial charge in [0.1, 0.15) is 5.75 Å².